The fraction of sp³-hybridized carbons (Fsp3) is 0.625. The fourth-order valence-electron chi connectivity index (χ4n) is 0.810. The van der Waals surface area contributed by atoms with Crippen LogP contribution in [0.5, 0.6) is 0 Å². The lowest BCUT2D eigenvalue weighted by atomic mass is 10.3. The Morgan fingerprint density at radius 2 is 1.87 bits per heavy atom. The minimum absolute atomic E-state index is 0.223. The molecule has 1 atom stereocenters. The van der Waals surface area contributed by atoms with Gasteiger partial charge in [-0.05, 0) is 6.92 Å². The van der Waals surface area contributed by atoms with Crippen LogP contribution in [0.2, 0.25) is 0 Å². The summed E-state index contributed by atoms with van der Waals surface area (Å²) in [6.07, 6.45) is 0. The van der Waals surface area contributed by atoms with Crippen molar-refractivity contribution in [2.24, 2.45) is 5.73 Å². The molecule has 0 aromatic rings. The lowest BCUT2D eigenvalue weighted by molar-refractivity contribution is -0.140. The van der Waals surface area contributed by atoms with E-state index in [0.29, 0.717) is 0 Å². The van der Waals surface area contributed by atoms with Crippen molar-refractivity contribution in [1.82, 2.24) is 16.0 Å². The number of likely N-dealkylation sites (N-methyl/N-ethyl adjacent to an activating group) is 1. The first-order valence-corrected chi connectivity index (χ1v) is 4.53. The molecule has 0 rings (SSSR count). The van der Waals surface area contributed by atoms with E-state index in [1.807, 2.05) is 0 Å². The van der Waals surface area contributed by atoms with Gasteiger partial charge in [-0.1, -0.05) is 0 Å². The highest BCUT2D eigenvalue weighted by atomic mass is 16.2. The van der Waals surface area contributed by atoms with E-state index in [-0.39, 0.29) is 19.0 Å². The second-order valence-corrected chi connectivity index (χ2v) is 2.85. The van der Waals surface area contributed by atoms with Crippen LogP contribution in [0.4, 0.5) is 0 Å². The molecule has 3 amide bonds. The van der Waals surface area contributed by atoms with Gasteiger partial charge < -0.3 is 21.7 Å². The van der Waals surface area contributed by atoms with E-state index in [9.17, 15) is 14.4 Å². The van der Waals surface area contributed by atoms with Crippen molar-refractivity contribution >= 4 is 17.7 Å². The Labute approximate surface area is 87.8 Å². The SMILES string of the molecule is CNC(=O)C(C)NC(=O)C(=O)NCCN. The van der Waals surface area contributed by atoms with Crippen molar-refractivity contribution in [3.05, 3.63) is 0 Å². The van der Waals surface area contributed by atoms with Gasteiger partial charge in [0.15, 0.2) is 0 Å². The lowest BCUT2D eigenvalue weighted by Crippen LogP contribution is -2.49. The minimum Gasteiger partial charge on any atom is -0.357 e. The van der Waals surface area contributed by atoms with Gasteiger partial charge >= 0.3 is 11.8 Å². The van der Waals surface area contributed by atoms with Crippen LogP contribution in [-0.4, -0.2) is 43.9 Å². The van der Waals surface area contributed by atoms with Crippen LogP contribution in [0, 0.1) is 0 Å². The van der Waals surface area contributed by atoms with Crippen LogP contribution in [0.3, 0.4) is 0 Å². The standard InChI is InChI=1S/C8H16N4O3/c1-5(6(13)10-2)12-8(15)7(14)11-4-3-9/h5H,3-4,9H2,1-2H3,(H,10,13)(H,11,14)(H,12,15). The Balaban J connectivity index is 4.01. The van der Waals surface area contributed by atoms with Crippen molar-refractivity contribution in [3.63, 3.8) is 0 Å². The van der Waals surface area contributed by atoms with Gasteiger partial charge in [0.1, 0.15) is 6.04 Å². The molecule has 0 aromatic heterocycles. The molecule has 15 heavy (non-hydrogen) atoms. The van der Waals surface area contributed by atoms with Gasteiger partial charge in [0.2, 0.25) is 5.91 Å². The van der Waals surface area contributed by atoms with Crippen molar-refractivity contribution in [3.8, 4) is 0 Å². The topological polar surface area (TPSA) is 113 Å². The molecule has 0 aliphatic carbocycles. The summed E-state index contributed by atoms with van der Waals surface area (Å²) in [4.78, 5) is 33.2. The van der Waals surface area contributed by atoms with Gasteiger partial charge in [-0.3, -0.25) is 14.4 Å². The van der Waals surface area contributed by atoms with Gasteiger partial charge in [-0.25, -0.2) is 0 Å². The van der Waals surface area contributed by atoms with Crippen LogP contribution in [0.1, 0.15) is 6.92 Å². The van der Waals surface area contributed by atoms with E-state index in [0.717, 1.165) is 0 Å². The molecule has 0 aliphatic rings. The summed E-state index contributed by atoms with van der Waals surface area (Å²) in [6, 6.07) is -0.744. The summed E-state index contributed by atoms with van der Waals surface area (Å²) < 4.78 is 0. The molecule has 7 heteroatoms. The first-order chi connectivity index (χ1) is 7.02. The van der Waals surface area contributed by atoms with E-state index < -0.39 is 17.9 Å². The third kappa shape index (κ3) is 4.96. The largest absolute Gasteiger partial charge is 0.357 e. The Hall–Kier alpha value is -1.63. The monoisotopic (exact) mass is 216 g/mol. The highest BCUT2D eigenvalue weighted by molar-refractivity contribution is 6.35. The van der Waals surface area contributed by atoms with Crippen molar-refractivity contribution < 1.29 is 14.4 Å². The number of hydrogen-bond donors (Lipinski definition) is 4. The molecule has 1 unspecified atom stereocenters. The third-order valence-electron chi connectivity index (χ3n) is 1.62. The quantitative estimate of drug-likeness (QED) is 0.383. The maximum absolute atomic E-state index is 11.1. The number of carbonyl (C=O) groups is 3. The molecule has 0 aliphatic heterocycles. The average molecular weight is 216 g/mol. The second-order valence-electron chi connectivity index (χ2n) is 2.85. The van der Waals surface area contributed by atoms with Gasteiger partial charge in [-0.15, -0.1) is 0 Å². The normalized spacial score (nSPS) is 11.4. The summed E-state index contributed by atoms with van der Waals surface area (Å²) in [5, 5.41) is 6.87. The Kier molecular flexibility index (Phi) is 6.03. The summed E-state index contributed by atoms with van der Waals surface area (Å²) in [5.74, 6) is -2.01. The zero-order valence-electron chi connectivity index (χ0n) is 8.79. The zero-order chi connectivity index (χ0) is 11.8. The highest BCUT2D eigenvalue weighted by Crippen LogP contribution is 1.81. The fourth-order valence-corrected chi connectivity index (χ4v) is 0.810. The molecule has 0 radical (unpaired) electrons. The molecule has 86 valence electrons. The van der Waals surface area contributed by atoms with Crippen LogP contribution in [-0.2, 0) is 14.4 Å². The van der Waals surface area contributed by atoms with Gasteiger partial charge in [0.05, 0.1) is 0 Å². The molecule has 0 aromatic carbocycles. The van der Waals surface area contributed by atoms with E-state index >= 15 is 0 Å². The molecule has 7 nitrogen and oxygen atoms in total. The molecule has 0 fully saturated rings. The van der Waals surface area contributed by atoms with Crippen LogP contribution in [0.25, 0.3) is 0 Å². The number of nitrogens with two attached hydrogens (primary N) is 1. The lowest BCUT2D eigenvalue weighted by Gasteiger charge is -2.11. The Bertz CT molecular complexity index is 254. The Morgan fingerprint density at radius 1 is 1.27 bits per heavy atom. The summed E-state index contributed by atoms with van der Waals surface area (Å²) in [5.41, 5.74) is 5.14. The molecular weight excluding hydrogens is 200 g/mol. The predicted octanol–water partition coefficient (Wildman–Crippen LogP) is -2.69. The third-order valence-corrected chi connectivity index (χ3v) is 1.62. The molecule has 5 N–H and O–H groups in total. The van der Waals surface area contributed by atoms with E-state index in [1.165, 1.54) is 14.0 Å². The van der Waals surface area contributed by atoms with Crippen molar-refractivity contribution in [2.45, 2.75) is 13.0 Å². The number of carbonyl (C=O) groups excluding carboxylic acids is 3. The van der Waals surface area contributed by atoms with Crippen LogP contribution in [0.15, 0.2) is 0 Å². The van der Waals surface area contributed by atoms with Crippen LogP contribution >= 0.6 is 0 Å². The number of rotatable bonds is 4. The van der Waals surface area contributed by atoms with E-state index in [2.05, 4.69) is 16.0 Å². The number of hydrogen-bond acceptors (Lipinski definition) is 4. The smallest absolute Gasteiger partial charge is 0.309 e. The van der Waals surface area contributed by atoms with E-state index in [1.54, 1.807) is 0 Å². The maximum Gasteiger partial charge on any atom is 0.309 e. The predicted molar refractivity (Wildman–Crippen MR) is 53.7 cm³/mol. The van der Waals surface area contributed by atoms with Gasteiger partial charge in [0, 0.05) is 20.1 Å². The molecule has 0 saturated heterocycles. The maximum atomic E-state index is 11.1. The summed E-state index contributed by atoms with van der Waals surface area (Å²) in [6.45, 7) is 1.96. The molecule has 0 saturated carbocycles. The molecular formula is C8H16N4O3. The highest BCUT2D eigenvalue weighted by Gasteiger charge is 2.18. The van der Waals surface area contributed by atoms with Crippen molar-refractivity contribution in [1.29, 1.82) is 0 Å². The summed E-state index contributed by atoms with van der Waals surface area (Å²) in [7, 11) is 1.44. The van der Waals surface area contributed by atoms with Crippen LogP contribution < -0.4 is 21.7 Å². The average Bonchev–Trinajstić information content (AvgIpc) is 2.24. The second kappa shape index (κ2) is 6.77. The first kappa shape index (κ1) is 13.4. The Morgan fingerprint density at radius 3 is 2.33 bits per heavy atom. The first-order valence-electron chi connectivity index (χ1n) is 4.53. The van der Waals surface area contributed by atoms with E-state index in [4.69, 9.17) is 5.73 Å². The molecule has 0 bridgehead atoms. The van der Waals surface area contributed by atoms with Crippen molar-refractivity contribution in [2.75, 3.05) is 20.1 Å². The van der Waals surface area contributed by atoms with Gasteiger partial charge in [-0.2, -0.15) is 0 Å². The number of nitrogens with one attached hydrogen (secondary N) is 3. The molecule has 0 heterocycles. The molecule has 0 spiro atoms. The summed E-state index contributed by atoms with van der Waals surface area (Å²) >= 11 is 0. The number of amides is 3. The minimum atomic E-state index is -0.848. The van der Waals surface area contributed by atoms with Gasteiger partial charge in [0.25, 0.3) is 0 Å². The zero-order valence-corrected chi connectivity index (χ0v) is 8.79.